The van der Waals surface area contributed by atoms with Crippen LogP contribution in [0.5, 0.6) is 0 Å². The summed E-state index contributed by atoms with van der Waals surface area (Å²) in [6.07, 6.45) is 5.96. The van der Waals surface area contributed by atoms with Crippen molar-refractivity contribution in [2.45, 2.75) is 83.0 Å². The minimum Gasteiger partial charge on any atom is -0.396 e. The van der Waals surface area contributed by atoms with Crippen LogP contribution in [0.25, 0.3) is 0 Å². The highest BCUT2D eigenvalue weighted by atomic mass is 16.3. The van der Waals surface area contributed by atoms with Gasteiger partial charge in [0.2, 0.25) is 0 Å². The highest BCUT2D eigenvalue weighted by Crippen LogP contribution is 2.54. The van der Waals surface area contributed by atoms with E-state index in [0.29, 0.717) is 12.0 Å². The monoisotopic (exact) mass is 286 g/mol. The first-order valence-corrected chi connectivity index (χ1v) is 8.49. The Morgan fingerprint density at radius 3 is 1.86 bits per heavy atom. The summed E-state index contributed by atoms with van der Waals surface area (Å²) in [4.78, 5) is 0. The maximum atomic E-state index is 9.42. The molecule has 0 saturated heterocycles. The highest BCUT2D eigenvalue weighted by molar-refractivity contribution is 5.50. The normalized spacial score (nSPS) is 24.5. The number of hydrogen-bond donors (Lipinski definition) is 1. The average Bonchev–Trinajstić information content (AvgIpc) is 3.16. The van der Waals surface area contributed by atoms with Crippen LogP contribution in [0.15, 0.2) is 12.1 Å². The van der Waals surface area contributed by atoms with Crippen LogP contribution in [-0.2, 0) is 16.2 Å². The maximum absolute atomic E-state index is 9.42. The van der Waals surface area contributed by atoms with Crippen molar-refractivity contribution in [2.24, 2.45) is 0 Å². The van der Waals surface area contributed by atoms with Crippen LogP contribution in [0.1, 0.15) is 82.1 Å². The van der Waals surface area contributed by atoms with E-state index in [1.807, 2.05) is 0 Å². The van der Waals surface area contributed by atoms with Gasteiger partial charge < -0.3 is 5.11 Å². The predicted octanol–water partition coefficient (Wildman–Crippen LogP) is 4.76. The lowest BCUT2D eigenvalue weighted by Crippen LogP contribution is -2.34. The molecular weight excluding hydrogens is 256 g/mol. The second-order valence-corrected chi connectivity index (χ2v) is 8.73. The minimum absolute atomic E-state index is 0.280. The van der Waals surface area contributed by atoms with Gasteiger partial charge >= 0.3 is 0 Å². The van der Waals surface area contributed by atoms with Gasteiger partial charge in [0.05, 0.1) is 0 Å². The fraction of sp³-hybridized carbons (Fsp3) is 0.700. The lowest BCUT2D eigenvalue weighted by molar-refractivity contribution is 0.270. The van der Waals surface area contributed by atoms with E-state index in [1.165, 1.54) is 36.8 Å². The van der Waals surface area contributed by atoms with E-state index in [9.17, 15) is 5.11 Å². The quantitative estimate of drug-likeness (QED) is 0.849. The number of aryl methyl sites for hydroxylation is 1. The van der Waals surface area contributed by atoms with Crippen molar-refractivity contribution in [2.75, 3.05) is 6.61 Å². The lowest BCUT2D eigenvalue weighted by Gasteiger charge is -2.43. The fourth-order valence-corrected chi connectivity index (χ4v) is 4.31. The van der Waals surface area contributed by atoms with Gasteiger partial charge in [0.1, 0.15) is 0 Å². The molecule has 0 atom stereocenters. The first kappa shape index (κ1) is 15.1. The summed E-state index contributed by atoms with van der Waals surface area (Å²) in [6, 6.07) is 4.97. The van der Waals surface area contributed by atoms with Crippen molar-refractivity contribution >= 4 is 0 Å². The first-order chi connectivity index (χ1) is 9.72. The van der Waals surface area contributed by atoms with Crippen LogP contribution in [0.2, 0.25) is 0 Å². The molecule has 0 amide bonds. The lowest BCUT2D eigenvalue weighted by atomic mass is 9.62. The second-order valence-electron chi connectivity index (χ2n) is 8.73. The van der Waals surface area contributed by atoms with Crippen molar-refractivity contribution in [1.82, 2.24) is 0 Å². The molecule has 1 saturated carbocycles. The standard InChI is InChI=1S/C20H30O/c1-14-12-16-17(19(4,5)7-6-18(16,2)3)13-15(14)20(8-9-20)10-11-21/h12-13,21H,6-11H2,1-5H3. The summed E-state index contributed by atoms with van der Waals surface area (Å²) in [5.41, 5.74) is 6.92. The van der Waals surface area contributed by atoms with Gasteiger partial charge in [0, 0.05) is 6.61 Å². The maximum Gasteiger partial charge on any atom is 0.0439 e. The van der Waals surface area contributed by atoms with E-state index in [-0.39, 0.29) is 10.8 Å². The Morgan fingerprint density at radius 1 is 0.857 bits per heavy atom. The number of hydrogen-bond acceptors (Lipinski definition) is 1. The number of rotatable bonds is 3. The van der Waals surface area contributed by atoms with E-state index < -0.39 is 0 Å². The first-order valence-electron chi connectivity index (χ1n) is 8.49. The Bertz CT molecular complexity index is 561. The van der Waals surface area contributed by atoms with Crippen molar-refractivity contribution in [3.05, 3.63) is 34.4 Å². The molecule has 0 bridgehead atoms. The van der Waals surface area contributed by atoms with Crippen LogP contribution in [0, 0.1) is 6.92 Å². The van der Waals surface area contributed by atoms with Gasteiger partial charge in [0.25, 0.3) is 0 Å². The molecule has 1 aromatic rings. The molecule has 0 unspecified atom stereocenters. The van der Waals surface area contributed by atoms with Crippen molar-refractivity contribution in [3.63, 3.8) is 0 Å². The predicted molar refractivity (Wildman–Crippen MR) is 89.1 cm³/mol. The third kappa shape index (κ3) is 2.34. The Kier molecular flexibility index (Phi) is 3.30. The molecule has 0 aromatic heterocycles. The van der Waals surface area contributed by atoms with Crippen LogP contribution in [-0.4, -0.2) is 11.7 Å². The van der Waals surface area contributed by atoms with Gasteiger partial charge in [-0.2, -0.15) is 0 Å². The Labute approximate surface area is 129 Å². The molecule has 1 aromatic carbocycles. The molecule has 1 N–H and O–H groups in total. The largest absolute Gasteiger partial charge is 0.396 e. The van der Waals surface area contributed by atoms with Gasteiger partial charge in [0.15, 0.2) is 0 Å². The summed E-state index contributed by atoms with van der Waals surface area (Å²) in [7, 11) is 0. The zero-order valence-electron chi connectivity index (χ0n) is 14.3. The molecule has 1 fully saturated rings. The van der Waals surface area contributed by atoms with E-state index in [2.05, 4.69) is 46.8 Å². The second kappa shape index (κ2) is 4.59. The topological polar surface area (TPSA) is 20.2 Å². The van der Waals surface area contributed by atoms with Crippen molar-refractivity contribution in [3.8, 4) is 0 Å². The van der Waals surface area contributed by atoms with E-state index in [1.54, 1.807) is 11.1 Å². The smallest absolute Gasteiger partial charge is 0.0439 e. The Morgan fingerprint density at radius 2 is 1.38 bits per heavy atom. The summed E-state index contributed by atoms with van der Waals surface area (Å²) in [5, 5.41) is 9.42. The van der Waals surface area contributed by atoms with E-state index in [4.69, 9.17) is 0 Å². The molecule has 2 aliphatic carbocycles. The molecule has 1 heteroatoms. The number of aliphatic hydroxyl groups is 1. The van der Waals surface area contributed by atoms with Gasteiger partial charge in [-0.15, -0.1) is 0 Å². The molecule has 0 spiro atoms. The zero-order valence-corrected chi connectivity index (χ0v) is 14.3. The SMILES string of the molecule is Cc1cc2c(cc1C1(CCO)CC1)C(C)(C)CCC2(C)C. The number of aliphatic hydroxyl groups excluding tert-OH is 1. The molecule has 1 nitrogen and oxygen atoms in total. The molecule has 116 valence electrons. The zero-order chi connectivity index (χ0) is 15.5. The minimum atomic E-state index is 0.280. The third-order valence-corrected chi connectivity index (χ3v) is 6.21. The molecule has 2 aliphatic rings. The van der Waals surface area contributed by atoms with E-state index in [0.717, 1.165) is 6.42 Å². The molecular formula is C20H30O. The number of benzene rings is 1. The van der Waals surface area contributed by atoms with Gasteiger partial charge in [-0.3, -0.25) is 0 Å². The van der Waals surface area contributed by atoms with Crippen molar-refractivity contribution < 1.29 is 5.11 Å². The molecule has 0 aliphatic heterocycles. The van der Waals surface area contributed by atoms with Crippen LogP contribution in [0.4, 0.5) is 0 Å². The average molecular weight is 286 g/mol. The van der Waals surface area contributed by atoms with Gasteiger partial charge in [-0.25, -0.2) is 0 Å². The fourth-order valence-electron chi connectivity index (χ4n) is 4.31. The molecule has 21 heavy (non-hydrogen) atoms. The summed E-state index contributed by atoms with van der Waals surface area (Å²) < 4.78 is 0. The summed E-state index contributed by atoms with van der Waals surface area (Å²) >= 11 is 0. The van der Waals surface area contributed by atoms with Crippen LogP contribution >= 0.6 is 0 Å². The number of fused-ring (bicyclic) bond motifs is 1. The molecule has 0 radical (unpaired) electrons. The Hall–Kier alpha value is -0.820. The van der Waals surface area contributed by atoms with Gasteiger partial charge in [-0.05, 0) is 77.5 Å². The Balaban J connectivity index is 2.15. The van der Waals surface area contributed by atoms with Crippen LogP contribution < -0.4 is 0 Å². The van der Waals surface area contributed by atoms with Crippen molar-refractivity contribution in [1.29, 1.82) is 0 Å². The third-order valence-electron chi connectivity index (χ3n) is 6.21. The van der Waals surface area contributed by atoms with E-state index >= 15 is 0 Å². The highest BCUT2D eigenvalue weighted by Gasteiger charge is 2.46. The van der Waals surface area contributed by atoms with Crippen LogP contribution in [0.3, 0.4) is 0 Å². The summed E-state index contributed by atoms with van der Waals surface area (Å²) in [5.74, 6) is 0. The summed E-state index contributed by atoms with van der Waals surface area (Å²) in [6.45, 7) is 12.1. The molecule has 3 rings (SSSR count). The van der Waals surface area contributed by atoms with Gasteiger partial charge in [-0.1, -0.05) is 39.8 Å². The molecule has 0 heterocycles.